The van der Waals surface area contributed by atoms with Crippen LogP contribution in [0.3, 0.4) is 0 Å². The van der Waals surface area contributed by atoms with E-state index in [1.54, 1.807) is 6.92 Å². The van der Waals surface area contributed by atoms with E-state index in [1.807, 2.05) is 6.92 Å². The lowest BCUT2D eigenvalue weighted by Gasteiger charge is -2.19. The standard InChI is InChI=1S/C13H20N2O6S/c1-5-8(2)11(13(17)18)14-12(16)9-6-10(21-7-9)22(19,20)15(3)4/h6-8,11H,5H2,1-4H3,(H,14,16)(H,17,18). The van der Waals surface area contributed by atoms with Gasteiger partial charge in [0.1, 0.15) is 12.3 Å². The molecule has 0 saturated carbocycles. The molecule has 1 aromatic rings. The molecule has 1 aromatic heterocycles. The van der Waals surface area contributed by atoms with E-state index in [-0.39, 0.29) is 16.6 Å². The smallest absolute Gasteiger partial charge is 0.326 e. The number of hydrogen-bond donors (Lipinski definition) is 2. The van der Waals surface area contributed by atoms with E-state index in [9.17, 15) is 18.0 Å². The Morgan fingerprint density at radius 3 is 2.45 bits per heavy atom. The first-order valence-corrected chi connectivity index (χ1v) is 8.10. The van der Waals surface area contributed by atoms with E-state index in [2.05, 4.69) is 5.32 Å². The molecule has 2 N–H and O–H groups in total. The molecule has 0 saturated heterocycles. The molecule has 8 nitrogen and oxygen atoms in total. The van der Waals surface area contributed by atoms with Gasteiger partial charge in [-0.1, -0.05) is 20.3 Å². The summed E-state index contributed by atoms with van der Waals surface area (Å²) < 4.78 is 29.6. The molecule has 0 aromatic carbocycles. The molecule has 2 atom stereocenters. The maximum atomic E-state index is 12.0. The number of furan rings is 1. The Kier molecular flexibility index (Phi) is 5.72. The lowest BCUT2D eigenvalue weighted by atomic mass is 9.99. The average Bonchev–Trinajstić information content (AvgIpc) is 2.93. The van der Waals surface area contributed by atoms with Gasteiger partial charge in [0.15, 0.2) is 0 Å². The predicted molar refractivity (Wildman–Crippen MR) is 77.9 cm³/mol. The van der Waals surface area contributed by atoms with E-state index >= 15 is 0 Å². The van der Waals surface area contributed by atoms with Gasteiger partial charge in [0, 0.05) is 20.2 Å². The van der Waals surface area contributed by atoms with Gasteiger partial charge in [-0.25, -0.2) is 17.5 Å². The van der Waals surface area contributed by atoms with Crippen molar-refractivity contribution in [1.29, 1.82) is 0 Å². The van der Waals surface area contributed by atoms with Crippen LogP contribution in [-0.2, 0) is 14.8 Å². The molecule has 1 heterocycles. The normalized spacial score (nSPS) is 14.6. The van der Waals surface area contributed by atoms with Crippen LogP contribution in [0.4, 0.5) is 0 Å². The predicted octanol–water partition coefficient (Wildman–Crippen LogP) is 0.759. The first-order chi connectivity index (χ1) is 10.1. The number of carbonyl (C=O) groups excluding carboxylic acids is 1. The van der Waals surface area contributed by atoms with Crippen molar-refractivity contribution < 1.29 is 27.5 Å². The second kappa shape index (κ2) is 6.93. The Morgan fingerprint density at radius 1 is 1.41 bits per heavy atom. The minimum Gasteiger partial charge on any atom is -0.480 e. The summed E-state index contributed by atoms with van der Waals surface area (Å²) in [6.45, 7) is 3.52. The van der Waals surface area contributed by atoms with Crippen LogP contribution in [0.5, 0.6) is 0 Å². The minimum absolute atomic E-state index is 0.0463. The number of sulfonamides is 1. The quantitative estimate of drug-likeness (QED) is 0.761. The van der Waals surface area contributed by atoms with Crippen LogP contribution >= 0.6 is 0 Å². The largest absolute Gasteiger partial charge is 0.480 e. The van der Waals surface area contributed by atoms with Crippen molar-refractivity contribution in [3.63, 3.8) is 0 Å². The van der Waals surface area contributed by atoms with Crippen LogP contribution in [0.1, 0.15) is 30.6 Å². The number of rotatable bonds is 7. The molecule has 1 rings (SSSR count). The van der Waals surface area contributed by atoms with Crippen LogP contribution in [0.15, 0.2) is 21.8 Å². The topological polar surface area (TPSA) is 117 Å². The molecular weight excluding hydrogens is 312 g/mol. The number of amides is 1. The van der Waals surface area contributed by atoms with E-state index in [0.717, 1.165) is 16.6 Å². The highest BCUT2D eigenvalue weighted by atomic mass is 32.2. The minimum atomic E-state index is -3.79. The molecule has 9 heteroatoms. The van der Waals surface area contributed by atoms with E-state index in [0.29, 0.717) is 6.42 Å². The fraction of sp³-hybridized carbons (Fsp3) is 0.538. The van der Waals surface area contributed by atoms with Crippen molar-refractivity contribution >= 4 is 21.9 Å². The molecule has 0 spiro atoms. The van der Waals surface area contributed by atoms with Gasteiger partial charge in [0.25, 0.3) is 15.9 Å². The SMILES string of the molecule is CCC(C)C(NC(=O)c1coc(S(=O)(=O)N(C)C)c1)C(=O)O. The first-order valence-electron chi connectivity index (χ1n) is 6.66. The fourth-order valence-corrected chi connectivity index (χ4v) is 2.46. The molecule has 22 heavy (non-hydrogen) atoms. The summed E-state index contributed by atoms with van der Waals surface area (Å²) in [5.74, 6) is -2.11. The van der Waals surface area contributed by atoms with Gasteiger partial charge in [-0.3, -0.25) is 4.79 Å². The monoisotopic (exact) mass is 332 g/mol. The third kappa shape index (κ3) is 3.86. The van der Waals surface area contributed by atoms with E-state index in [4.69, 9.17) is 9.52 Å². The number of nitrogens with one attached hydrogen (secondary N) is 1. The first kappa shape index (κ1) is 18.2. The van der Waals surface area contributed by atoms with Gasteiger partial charge >= 0.3 is 5.97 Å². The van der Waals surface area contributed by atoms with E-state index in [1.165, 1.54) is 14.1 Å². The summed E-state index contributed by atoms with van der Waals surface area (Å²) in [6.07, 6.45) is 1.56. The average molecular weight is 332 g/mol. The number of carboxylic acids is 1. The zero-order chi connectivity index (χ0) is 17.1. The summed E-state index contributed by atoms with van der Waals surface area (Å²) in [7, 11) is -1.12. The highest BCUT2D eigenvalue weighted by Gasteiger charge is 2.28. The van der Waals surface area contributed by atoms with Gasteiger partial charge in [-0.05, 0) is 5.92 Å². The van der Waals surface area contributed by atoms with Crippen molar-refractivity contribution in [2.45, 2.75) is 31.4 Å². The molecule has 0 bridgehead atoms. The van der Waals surface area contributed by atoms with Crippen molar-refractivity contribution in [2.75, 3.05) is 14.1 Å². The van der Waals surface area contributed by atoms with Crippen LogP contribution < -0.4 is 5.32 Å². The lowest BCUT2D eigenvalue weighted by molar-refractivity contribution is -0.140. The molecule has 0 fully saturated rings. The third-order valence-electron chi connectivity index (χ3n) is 3.34. The van der Waals surface area contributed by atoms with E-state index < -0.39 is 27.9 Å². The second-order valence-electron chi connectivity index (χ2n) is 5.12. The van der Waals surface area contributed by atoms with Gasteiger partial charge in [-0.15, -0.1) is 0 Å². The van der Waals surface area contributed by atoms with Crippen LogP contribution in [0.25, 0.3) is 0 Å². The molecule has 124 valence electrons. The van der Waals surface area contributed by atoms with Crippen molar-refractivity contribution in [1.82, 2.24) is 9.62 Å². The Balaban J connectivity index is 2.96. The summed E-state index contributed by atoms with van der Waals surface area (Å²) in [5.41, 5.74) is -0.0463. The fourth-order valence-electron chi connectivity index (χ4n) is 1.66. The second-order valence-corrected chi connectivity index (χ2v) is 7.20. The van der Waals surface area contributed by atoms with Gasteiger partial charge in [0.05, 0.1) is 5.56 Å². The van der Waals surface area contributed by atoms with Gasteiger partial charge in [0.2, 0.25) is 5.09 Å². The van der Waals surface area contributed by atoms with Crippen LogP contribution in [0, 0.1) is 5.92 Å². The molecule has 2 unspecified atom stereocenters. The number of nitrogens with zero attached hydrogens (tertiary/aromatic N) is 1. The van der Waals surface area contributed by atoms with Crippen molar-refractivity contribution in [2.24, 2.45) is 5.92 Å². The Labute approximate surface area is 129 Å². The number of carbonyl (C=O) groups is 2. The molecule has 1 amide bonds. The van der Waals surface area contributed by atoms with Crippen molar-refractivity contribution in [3.05, 3.63) is 17.9 Å². The zero-order valence-electron chi connectivity index (χ0n) is 12.9. The highest BCUT2D eigenvalue weighted by Crippen LogP contribution is 2.17. The Bertz CT molecular complexity index is 649. The maximum absolute atomic E-state index is 12.0. The van der Waals surface area contributed by atoms with Gasteiger partial charge < -0.3 is 14.8 Å². The summed E-state index contributed by atoms with van der Waals surface area (Å²) >= 11 is 0. The Hall–Kier alpha value is -1.87. The van der Waals surface area contributed by atoms with Crippen LogP contribution in [0.2, 0.25) is 0 Å². The van der Waals surface area contributed by atoms with Gasteiger partial charge in [-0.2, -0.15) is 0 Å². The molecule has 0 aliphatic rings. The molecule has 0 radical (unpaired) electrons. The summed E-state index contributed by atoms with van der Waals surface area (Å²) in [4.78, 5) is 23.2. The number of hydrogen-bond acceptors (Lipinski definition) is 5. The highest BCUT2D eigenvalue weighted by molar-refractivity contribution is 7.88. The molecular formula is C13H20N2O6S. The van der Waals surface area contributed by atoms with Crippen molar-refractivity contribution in [3.8, 4) is 0 Å². The zero-order valence-corrected chi connectivity index (χ0v) is 13.7. The number of aliphatic carboxylic acids is 1. The summed E-state index contributed by atoms with van der Waals surface area (Å²) in [5, 5.41) is 11.1. The molecule has 0 aliphatic carbocycles. The lowest BCUT2D eigenvalue weighted by Crippen LogP contribution is -2.44. The Morgan fingerprint density at radius 2 is 2.00 bits per heavy atom. The third-order valence-corrected chi connectivity index (χ3v) is 5.02. The summed E-state index contributed by atoms with van der Waals surface area (Å²) in [6, 6.07) is 0.0153. The number of carboxylic acid groups (broad SMARTS) is 1. The van der Waals surface area contributed by atoms with Crippen LogP contribution in [-0.4, -0.2) is 49.8 Å². The molecule has 0 aliphatic heterocycles. The maximum Gasteiger partial charge on any atom is 0.326 e.